The van der Waals surface area contributed by atoms with E-state index in [-0.39, 0.29) is 6.61 Å². The summed E-state index contributed by atoms with van der Waals surface area (Å²) in [5.41, 5.74) is 3.69. The highest BCUT2D eigenvalue weighted by Crippen LogP contribution is 2.36. The third-order valence-corrected chi connectivity index (χ3v) is 4.95. The first-order chi connectivity index (χ1) is 11.5. The van der Waals surface area contributed by atoms with Crippen molar-refractivity contribution in [2.45, 2.75) is 62.9 Å². The van der Waals surface area contributed by atoms with Crippen molar-refractivity contribution in [3.05, 3.63) is 53.5 Å². The standard InChI is InChI=1S/C20H28N2OS/c1-6-9-22-18(8-7-10-23)21-19(14(2)3)20(22)24-17-12-15(4)11-16(5)13-17/h6,11-14,23H,1,7-10H2,2-5H3. The van der Waals surface area contributed by atoms with Crippen LogP contribution in [-0.4, -0.2) is 21.3 Å². The predicted molar refractivity (Wildman–Crippen MR) is 102 cm³/mol. The molecule has 0 aliphatic heterocycles. The molecule has 0 bridgehead atoms. The zero-order chi connectivity index (χ0) is 17.7. The molecule has 3 nitrogen and oxygen atoms in total. The van der Waals surface area contributed by atoms with Crippen molar-refractivity contribution in [2.75, 3.05) is 6.61 Å². The molecule has 0 saturated carbocycles. The summed E-state index contributed by atoms with van der Waals surface area (Å²) >= 11 is 1.78. The number of aryl methyl sites for hydroxylation is 3. The Morgan fingerprint density at radius 2 is 1.92 bits per heavy atom. The number of nitrogens with zero attached hydrogens (tertiary/aromatic N) is 2. The molecule has 0 atom stereocenters. The van der Waals surface area contributed by atoms with Gasteiger partial charge in [-0.1, -0.05) is 37.8 Å². The molecule has 2 aromatic rings. The van der Waals surface area contributed by atoms with E-state index in [2.05, 4.69) is 57.0 Å². The Labute approximate surface area is 149 Å². The molecule has 0 fully saturated rings. The Balaban J connectivity index is 2.47. The van der Waals surface area contributed by atoms with Crippen LogP contribution in [0.5, 0.6) is 0 Å². The second-order valence-electron chi connectivity index (χ2n) is 6.53. The topological polar surface area (TPSA) is 38.0 Å². The van der Waals surface area contributed by atoms with Gasteiger partial charge in [-0.05, 0) is 49.4 Å². The van der Waals surface area contributed by atoms with E-state index in [1.165, 1.54) is 21.0 Å². The monoisotopic (exact) mass is 344 g/mol. The number of aromatic nitrogens is 2. The minimum absolute atomic E-state index is 0.192. The number of hydrogen-bond acceptors (Lipinski definition) is 3. The maximum absolute atomic E-state index is 9.17. The van der Waals surface area contributed by atoms with Gasteiger partial charge in [-0.3, -0.25) is 0 Å². The van der Waals surface area contributed by atoms with E-state index in [4.69, 9.17) is 10.1 Å². The first-order valence-electron chi connectivity index (χ1n) is 8.53. The minimum atomic E-state index is 0.192. The van der Waals surface area contributed by atoms with Gasteiger partial charge in [-0.2, -0.15) is 0 Å². The van der Waals surface area contributed by atoms with E-state index in [1.807, 2.05) is 6.08 Å². The highest BCUT2D eigenvalue weighted by Gasteiger charge is 2.19. The Bertz CT molecular complexity index is 684. The molecule has 0 unspecified atom stereocenters. The van der Waals surface area contributed by atoms with Crippen LogP contribution in [0.1, 0.15) is 48.8 Å². The van der Waals surface area contributed by atoms with E-state index >= 15 is 0 Å². The van der Waals surface area contributed by atoms with Crippen molar-refractivity contribution in [2.24, 2.45) is 0 Å². The van der Waals surface area contributed by atoms with E-state index in [9.17, 15) is 0 Å². The molecule has 1 heterocycles. The molecule has 2 rings (SSSR count). The minimum Gasteiger partial charge on any atom is -0.396 e. The predicted octanol–water partition coefficient (Wildman–Crippen LogP) is 4.89. The highest BCUT2D eigenvalue weighted by atomic mass is 32.2. The fourth-order valence-electron chi connectivity index (χ4n) is 2.84. The number of benzene rings is 1. The van der Waals surface area contributed by atoms with Crippen molar-refractivity contribution in [1.82, 2.24) is 9.55 Å². The molecule has 0 aliphatic rings. The lowest BCUT2D eigenvalue weighted by Crippen LogP contribution is -2.05. The molecule has 0 spiro atoms. The van der Waals surface area contributed by atoms with Crippen LogP contribution in [0.4, 0.5) is 0 Å². The summed E-state index contributed by atoms with van der Waals surface area (Å²) in [7, 11) is 0. The van der Waals surface area contributed by atoms with Gasteiger partial charge in [0.15, 0.2) is 0 Å². The van der Waals surface area contributed by atoms with Gasteiger partial charge in [0.2, 0.25) is 0 Å². The third kappa shape index (κ3) is 4.52. The van der Waals surface area contributed by atoms with Crippen LogP contribution < -0.4 is 0 Å². The summed E-state index contributed by atoms with van der Waals surface area (Å²) in [6, 6.07) is 6.64. The van der Waals surface area contributed by atoms with Gasteiger partial charge in [0, 0.05) is 24.5 Å². The molecule has 1 aromatic carbocycles. The van der Waals surface area contributed by atoms with Crippen molar-refractivity contribution in [3.63, 3.8) is 0 Å². The SMILES string of the molecule is C=CCn1c(CCCO)nc(C(C)C)c1Sc1cc(C)cc(C)c1. The number of allylic oxidation sites excluding steroid dienone is 1. The molecule has 4 heteroatoms. The summed E-state index contributed by atoms with van der Waals surface area (Å²) in [5.74, 6) is 1.40. The number of imidazole rings is 1. The molecule has 0 aliphatic carbocycles. The van der Waals surface area contributed by atoms with Gasteiger partial charge in [-0.15, -0.1) is 6.58 Å². The highest BCUT2D eigenvalue weighted by molar-refractivity contribution is 7.99. The molecule has 1 aromatic heterocycles. The molecular weight excluding hydrogens is 316 g/mol. The molecule has 1 N–H and O–H groups in total. The van der Waals surface area contributed by atoms with Crippen molar-refractivity contribution in [1.29, 1.82) is 0 Å². The van der Waals surface area contributed by atoms with Crippen LogP contribution in [0.15, 0.2) is 40.8 Å². The van der Waals surface area contributed by atoms with Gasteiger partial charge in [0.1, 0.15) is 10.9 Å². The van der Waals surface area contributed by atoms with Crippen molar-refractivity contribution in [3.8, 4) is 0 Å². The van der Waals surface area contributed by atoms with Gasteiger partial charge >= 0.3 is 0 Å². The lowest BCUT2D eigenvalue weighted by Gasteiger charge is -2.12. The zero-order valence-electron chi connectivity index (χ0n) is 15.2. The average Bonchev–Trinajstić information content (AvgIpc) is 2.83. The first-order valence-corrected chi connectivity index (χ1v) is 9.35. The van der Waals surface area contributed by atoms with Gasteiger partial charge < -0.3 is 9.67 Å². The maximum Gasteiger partial charge on any atom is 0.110 e. The Morgan fingerprint density at radius 3 is 2.46 bits per heavy atom. The molecular formula is C20H28N2OS. The number of aliphatic hydroxyl groups is 1. The third-order valence-electron chi connectivity index (χ3n) is 3.85. The first kappa shape index (κ1) is 18.8. The van der Waals surface area contributed by atoms with Crippen molar-refractivity contribution >= 4 is 11.8 Å². The smallest absolute Gasteiger partial charge is 0.110 e. The van der Waals surface area contributed by atoms with Crippen LogP contribution in [0, 0.1) is 13.8 Å². The summed E-state index contributed by atoms with van der Waals surface area (Å²) < 4.78 is 2.25. The average molecular weight is 345 g/mol. The zero-order valence-corrected chi connectivity index (χ0v) is 16.0. The van der Waals surface area contributed by atoms with Crippen LogP contribution in [0.3, 0.4) is 0 Å². The van der Waals surface area contributed by atoms with E-state index in [0.29, 0.717) is 5.92 Å². The van der Waals surface area contributed by atoms with Crippen LogP contribution in [0.25, 0.3) is 0 Å². The number of hydrogen-bond donors (Lipinski definition) is 1. The molecule has 130 valence electrons. The summed E-state index contributed by atoms with van der Waals surface area (Å²) in [5, 5.41) is 10.4. The lowest BCUT2D eigenvalue weighted by atomic mass is 10.1. The second kappa shape index (κ2) is 8.54. The fourth-order valence-corrected chi connectivity index (χ4v) is 4.22. The largest absolute Gasteiger partial charge is 0.396 e. The fraction of sp³-hybridized carbons (Fsp3) is 0.450. The molecule has 0 amide bonds. The van der Waals surface area contributed by atoms with Crippen molar-refractivity contribution < 1.29 is 5.11 Å². The lowest BCUT2D eigenvalue weighted by molar-refractivity contribution is 0.287. The van der Waals surface area contributed by atoms with E-state index in [1.54, 1.807) is 11.8 Å². The Morgan fingerprint density at radius 1 is 1.25 bits per heavy atom. The molecule has 0 radical (unpaired) electrons. The normalized spacial score (nSPS) is 11.2. The van der Waals surface area contributed by atoms with Gasteiger partial charge in [0.05, 0.1) is 5.69 Å². The van der Waals surface area contributed by atoms with E-state index in [0.717, 1.165) is 30.9 Å². The maximum atomic E-state index is 9.17. The van der Waals surface area contributed by atoms with Crippen LogP contribution >= 0.6 is 11.8 Å². The van der Waals surface area contributed by atoms with Gasteiger partial charge in [0.25, 0.3) is 0 Å². The summed E-state index contributed by atoms with van der Waals surface area (Å²) in [6.45, 7) is 13.5. The molecule has 24 heavy (non-hydrogen) atoms. The van der Waals surface area contributed by atoms with Crippen LogP contribution in [-0.2, 0) is 13.0 Å². The summed E-state index contributed by atoms with van der Waals surface area (Å²) in [6.07, 6.45) is 3.44. The number of aliphatic hydroxyl groups excluding tert-OH is 1. The number of rotatable bonds is 8. The second-order valence-corrected chi connectivity index (χ2v) is 7.59. The van der Waals surface area contributed by atoms with Crippen LogP contribution in [0.2, 0.25) is 0 Å². The van der Waals surface area contributed by atoms with Gasteiger partial charge in [-0.25, -0.2) is 4.98 Å². The van der Waals surface area contributed by atoms with E-state index < -0.39 is 0 Å². The summed E-state index contributed by atoms with van der Waals surface area (Å²) in [4.78, 5) is 6.13. The quantitative estimate of drug-likeness (QED) is 0.693. The Hall–Kier alpha value is -1.52. The Kier molecular flexibility index (Phi) is 6.69. The molecule has 0 saturated heterocycles.